The fourth-order valence-corrected chi connectivity index (χ4v) is 5.00. The summed E-state index contributed by atoms with van der Waals surface area (Å²) in [7, 11) is 0. The van der Waals surface area contributed by atoms with Gasteiger partial charge in [-0.2, -0.15) is 5.10 Å². The zero-order chi connectivity index (χ0) is 22.4. The first-order chi connectivity index (χ1) is 15.4. The number of fused-ring (bicyclic) bond motifs is 2. The highest BCUT2D eigenvalue weighted by Gasteiger charge is 2.43. The van der Waals surface area contributed by atoms with Crippen molar-refractivity contribution in [2.24, 2.45) is 11.8 Å². The van der Waals surface area contributed by atoms with Crippen LogP contribution in [-0.4, -0.2) is 58.4 Å². The molecule has 3 atom stereocenters. The van der Waals surface area contributed by atoms with Crippen molar-refractivity contribution in [3.63, 3.8) is 0 Å². The molecule has 1 amide bonds. The van der Waals surface area contributed by atoms with E-state index in [1.807, 2.05) is 12.1 Å². The van der Waals surface area contributed by atoms with E-state index in [1.54, 1.807) is 34.1 Å². The molecule has 0 aliphatic carbocycles. The number of benzene rings is 2. The number of hydrogen-bond acceptors (Lipinski definition) is 4. The third-order valence-corrected chi connectivity index (χ3v) is 6.71. The van der Waals surface area contributed by atoms with Gasteiger partial charge in [0.25, 0.3) is 11.5 Å². The van der Waals surface area contributed by atoms with Crippen molar-refractivity contribution < 1.29 is 13.6 Å². The number of alkyl halides is 1. The maximum atomic E-state index is 14.6. The summed E-state index contributed by atoms with van der Waals surface area (Å²) in [6.45, 7) is 3.81. The van der Waals surface area contributed by atoms with Crippen molar-refractivity contribution in [3.8, 4) is 0 Å². The number of hydrogen-bond donors (Lipinski definition) is 1. The number of carbonyl (C=O) groups excluding carboxylic acids is 1. The van der Waals surface area contributed by atoms with Gasteiger partial charge in [0.15, 0.2) is 6.30 Å². The summed E-state index contributed by atoms with van der Waals surface area (Å²) in [6.07, 6.45) is -0.636. The quantitative estimate of drug-likeness (QED) is 0.636. The number of nitrogens with one attached hydrogen (secondary N) is 1. The molecule has 2 aromatic carbocycles. The molecule has 0 spiro atoms. The normalized spacial score (nSPS) is 21.8. The summed E-state index contributed by atoms with van der Waals surface area (Å²) in [4.78, 5) is 28.6. The largest absolute Gasteiger partial charge is 0.338 e. The van der Waals surface area contributed by atoms with Gasteiger partial charge in [-0.3, -0.25) is 14.5 Å². The van der Waals surface area contributed by atoms with Crippen molar-refractivity contribution in [2.45, 2.75) is 19.6 Å². The molecule has 32 heavy (non-hydrogen) atoms. The van der Waals surface area contributed by atoms with Crippen LogP contribution < -0.4 is 5.56 Å². The Morgan fingerprint density at radius 2 is 1.81 bits per heavy atom. The number of carbonyl (C=O) groups is 1. The van der Waals surface area contributed by atoms with Crippen LogP contribution >= 0.6 is 0 Å². The lowest BCUT2D eigenvalue weighted by molar-refractivity contribution is 0.0740. The summed E-state index contributed by atoms with van der Waals surface area (Å²) in [6, 6.07) is 11.7. The van der Waals surface area contributed by atoms with Crippen LogP contribution in [-0.2, 0) is 6.42 Å². The molecule has 2 aliphatic heterocycles. The first kappa shape index (κ1) is 20.8. The molecule has 1 aromatic heterocycles. The Hall–Kier alpha value is -3.13. The second kappa shape index (κ2) is 8.09. The second-order valence-corrected chi connectivity index (χ2v) is 8.79. The van der Waals surface area contributed by atoms with Gasteiger partial charge < -0.3 is 4.90 Å². The van der Waals surface area contributed by atoms with E-state index in [1.165, 1.54) is 13.0 Å². The second-order valence-electron chi connectivity index (χ2n) is 8.79. The minimum absolute atomic E-state index is 0.0342. The van der Waals surface area contributed by atoms with E-state index in [0.29, 0.717) is 43.7 Å². The molecule has 3 unspecified atom stereocenters. The Morgan fingerprint density at radius 3 is 2.50 bits per heavy atom. The van der Waals surface area contributed by atoms with Gasteiger partial charge in [0.1, 0.15) is 5.82 Å². The lowest BCUT2D eigenvalue weighted by atomic mass is 10.0. The summed E-state index contributed by atoms with van der Waals surface area (Å²) in [5.74, 6) is -0.452. The predicted molar refractivity (Wildman–Crippen MR) is 117 cm³/mol. The van der Waals surface area contributed by atoms with Crippen molar-refractivity contribution >= 4 is 16.7 Å². The van der Waals surface area contributed by atoms with E-state index >= 15 is 0 Å². The number of H-pyrrole nitrogens is 1. The Bertz CT molecular complexity index is 1230. The number of rotatable bonds is 4. The van der Waals surface area contributed by atoms with Crippen molar-refractivity contribution in [1.82, 2.24) is 20.0 Å². The molecule has 8 heteroatoms. The van der Waals surface area contributed by atoms with Gasteiger partial charge in [-0.1, -0.05) is 24.3 Å². The van der Waals surface area contributed by atoms with E-state index in [2.05, 4.69) is 10.2 Å². The molecular formula is C24H24F2N4O2. The number of aromatic amines is 1. The lowest BCUT2D eigenvalue weighted by Crippen LogP contribution is -2.35. The van der Waals surface area contributed by atoms with Crippen LogP contribution in [0, 0.1) is 17.7 Å². The maximum Gasteiger partial charge on any atom is 0.272 e. The third kappa shape index (κ3) is 3.68. The summed E-state index contributed by atoms with van der Waals surface area (Å²) < 4.78 is 28.2. The highest BCUT2D eigenvalue weighted by molar-refractivity contribution is 5.95. The molecule has 0 saturated carbocycles. The fraction of sp³-hybridized carbons (Fsp3) is 0.375. The molecule has 3 heterocycles. The van der Waals surface area contributed by atoms with Crippen molar-refractivity contribution in [2.75, 3.05) is 26.2 Å². The number of nitrogens with zero attached hydrogens (tertiary/aromatic N) is 3. The molecule has 1 N–H and O–H groups in total. The smallest absolute Gasteiger partial charge is 0.272 e. The first-order valence-corrected chi connectivity index (χ1v) is 10.8. The number of aromatic nitrogens is 2. The summed E-state index contributed by atoms with van der Waals surface area (Å²) in [5.41, 5.74) is 1.16. The average molecular weight is 438 g/mol. The number of amides is 1. The van der Waals surface area contributed by atoms with Gasteiger partial charge in [0, 0.05) is 38.0 Å². The third-order valence-electron chi connectivity index (χ3n) is 6.71. The molecule has 5 rings (SSSR count). The molecule has 3 aromatic rings. The first-order valence-electron chi connectivity index (χ1n) is 10.8. The molecule has 2 fully saturated rings. The van der Waals surface area contributed by atoms with Gasteiger partial charge in [-0.05, 0) is 42.5 Å². The standard InChI is InChI=1S/C24H24F2N4O2/c1-14(25)29-10-16-12-30(13-17(16)11-29)24(32)20-8-15(6-7-21(20)26)9-22-18-4-2-3-5-19(18)23(31)28-27-22/h2-8,14,16-17H,9-13H2,1H3,(H,28,31). The van der Waals surface area contributed by atoms with Gasteiger partial charge in [0.05, 0.1) is 16.6 Å². The molecule has 6 nitrogen and oxygen atoms in total. The zero-order valence-electron chi connectivity index (χ0n) is 17.7. The summed E-state index contributed by atoms with van der Waals surface area (Å²) in [5, 5.41) is 7.95. The molecule has 166 valence electrons. The van der Waals surface area contributed by atoms with Gasteiger partial charge in [-0.25, -0.2) is 13.9 Å². The highest BCUT2D eigenvalue weighted by atomic mass is 19.1. The zero-order valence-corrected chi connectivity index (χ0v) is 17.7. The number of likely N-dealkylation sites (tertiary alicyclic amines) is 2. The molecule has 2 aliphatic rings. The maximum absolute atomic E-state index is 14.6. The van der Waals surface area contributed by atoms with Gasteiger partial charge >= 0.3 is 0 Å². The van der Waals surface area contributed by atoms with E-state index in [4.69, 9.17) is 0 Å². The van der Waals surface area contributed by atoms with Crippen LogP contribution in [0.25, 0.3) is 10.8 Å². The number of halogens is 2. The fourth-order valence-electron chi connectivity index (χ4n) is 5.00. The average Bonchev–Trinajstić information content (AvgIpc) is 3.36. The van der Waals surface area contributed by atoms with Gasteiger partial charge in [-0.15, -0.1) is 0 Å². The minimum atomic E-state index is -0.989. The van der Waals surface area contributed by atoms with Crippen molar-refractivity contribution in [3.05, 3.63) is 75.5 Å². The lowest BCUT2D eigenvalue weighted by Gasteiger charge is -2.22. The molecule has 2 saturated heterocycles. The predicted octanol–water partition coefficient (Wildman–Crippen LogP) is 2.97. The topological polar surface area (TPSA) is 69.3 Å². The van der Waals surface area contributed by atoms with E-state index in [9.17, 15) is 18.4 Å². The minimum Gasteiger partial charge on any atom is -0.338 e. The SMILES string of the molecule is CC(F)N1CC2CN(C(=O)c3cc(Cc4n[nH]c(=O)c5ccccc45)ccc3F)CC2C1. The Balaban J connectivity index is 1.37. The molecular weight excluding hydrogens is 414 g/mol. The monoisotopic (exact) mass is 438 g/mol. The van der Waals surface area contributed by atoms with Crippen LogP contribution in [0.1, 0.15) is 28.5 Å². The Labute approximate surface area is 183 Å². The summed E-state index contributed by atoms with van der Waals surface area (Å²) >= 11 is 0. The van der Waals surface area contributed by atoms with Crippen LogP contribution in [0.2, 0.25) is 0 Å². The molecule has 0 radical (unpaired) electrons. The van der Waals surface area contributed by atoms with E-state index in [0.717, 1.165) is 10.9 Å². The van der Waals surface area contributed by atoms with Crippen LogP contribution in [0.15, 0.2) is 47.3 Å². The van der Waals surface area contributed by atoms with E-state index < -0.39 is 12.1 Å². The van der Waals surface area contributed by atoms with Crippen LogP contribution in [0.4, 0.5) is 8.78 Å². The highest BCUT2D eigenvalue weighted by Crippen LogP contribution is 2.33. The van der Waals surface area contributed by atoms with Crippen LogP contribution in [0.3, 0.4) is 0 Å². The van der Waals surface area contributed by atoms with Crippen LogP contribution in [0.5, 0.6) is 0 Å². The molecule has 0 bridgehead atoms. The Kier molecular flexibility index (Phi) is 5.25. The van der Waals surface area contributed by atoms with E-state index in [-0.39, 0.29) is 28.9 Å². The van der Waals surface area contributed by atoms with Crippen molar-refractivity contribution in [1.29, 1.82) is 0 Å². The van der Waals surface area contributed by atoms with Gasteiger partial charge in [0.2, 0.25) is 0 Å². The Morgan fingerprint density at radius 1 is 1.12 bits per heavy atom.